The van der Waals surface area contributed by atoms with Gasteiger partial charge in [0.25, 0.3) is 0 Å². The SMILES string of the molecule is BNC(CCC)CCC. The summed E-state index contributed by atoms with van der Waals surface area (Å²) in [5.74, 6) is 0. The molecule has 0 rings (SSSR count). The Morgan fingerprint density at radius 2 is 1.67 bits per heavy atom. The molecule has 0 unspecified atom stereocenters. The van der Waals surface area contributed by atoms with Crippen molar-refractivity contribution in [3.05, 3.63) is 0 Å². The van der Waals surface area contributed by atoms with Gasteiger partial charge in [-0.2, -0.15) is 0 Å². The van der Waals surface area contributed by atoms with Gasteiger partial charge in [0.05, 0.1) is 0 Å². The maximum atomic E-state index is 3.30. The van der Waals surface area contributed by atoms with Gasteiger partial charge in [0.15, 0.2) is 7.98 Å². The Kier molecular flexibility index (Phi) is 6.17. The summed E-state index contributed by atoms with van der Waals surface area (Å²) in [5, 5.41) is 3.30. The van der Waals surface area contributed by atoms with Crippen LogP contribution in [0.2, 0.25) is 0 Å². The zero-order valence-electron chi connectivity index (χ0n) is 6.91. The summed E-state index contributed by atoms with van der Waals surface area (Å²) in [4.78, 5) is 0. The lowest BCUT2D eigenvalue weighted by molar-refractivity contribution is 0.520. The highest BCUT2D eigenvalue weighted by atomic mass is 14.8. The molecule has 2 heteroatoms. The molecular weight excluding hydrogens is 109 g/mol. The monoisotopic (exact) mass is 127 g/mol. The third-order valence-corrected chi connectivity index (χ3v) is 1.68. The van der Waals surface area contributed by atoms with Crippen LogP contribution >= 0.6 is 0 Å². The Labute approximate surface area is 59.7 Å². The van der Waals surface area contributed by atoms with Crippen LogP contribution in [0, 0.1) is 0 Å². The van der Waals surface area contributed by atoms with Crippen molar-refractivity contribution >= 4 is 7.98 Å². The summed E-state index contributed by atoms with van der Waals surface area (Å²) >= 11 is 0. The molecule has 0 amide bonds. The number of rotatable bonds is 5. The molecule has 0 aliphatic heterocycles. The largest absolute Gasteiger partial charge is 0.359 e. The van der Waals surface area contributed by atoms with Gasteiger partial charge in [-0.15, -0.1) is 0 Å². The average molecular weight is 127 g/mol. The predicted octanol–water partition coefficient (Wildman–Crippen LogP) is 1.09. The zero-order chi connectivity index (χ0) is 7.11. The maximum Gasteiger partial charge on any atom is 0.182 e. The molecular formula is C7H18BN. The van der Waals surface area contributed by atoms with Gasteiger partial charge in [-0.1, -0.05) is 26.7 Å². The van der Waals surface area contributed by atoms with Crippen LogP contribution in [0.1, 0.15) is 39.5 Å². The molecule has 0 saturated carbocycles. The van der Waals surface area contributed by atoms with Crippen LogP contribution in [-0.4, -0.2) is 14.0 Å². The smallest absolute Gasteiger partial charge is 0.182 e. The number of nitrogens with one attached hydrogen (secondary N) is 1. The number of hydrogen-bond donors (Lipinski definition) is 1. The fourth-order valence-electron chi connectivity index (χ4n) is 1.13. The van der Waals surface area contributed by atoms with Crippen LogP contribution in [0.5, 0.6) is 0 Å². The molecule has 0 aromatic rings. The van der Waals surface area contributed by atoms with Crippen molar-refractivity contribution < 1.29 is 0 Å². The molecule has 9 heavy (non-hydrogen) atoms. The highest BCUT2D eigenvalue weighted by molar-refractivity contribution is 6.04. The lowest BCUT2D eigenvalue weighted by atomic mass is 10.1. The minimum Gasteiger partial charge on any atom is -0.359 e. The molecule has 0 aromatic carbocycles. The van der Waals surface area contributed by atoms with Gasteiger partial charge in [0.1, 0.15) is 0 Å². The number of hydrogen-bond acceptors (Lipinski definition) is 1. The van der Waals surface area contributed by atoms with Crippen LogP contribution < -0.4 is 5.23 Å². The summed E-state index contributed by atoms with van der Waals surface area (Å²) in [6.45, 7) is 4.47. The van der Waals surface area contributed by atoms with E-state index in [4.69, 9.17) is 0 Å². The maximum absolute atomic E-state index is 3.30. The summed E-state index contributed by atoms with van der Waals surface area (Å²) in [6.07, 6.45) is 5.24. The molecule has 0 bridgehead atoms. The normalized spacial score (nSPS) is 10.6. The van der Waals surface area contributed by atoms with E-state index in [1.807, 2.05) is 0 Å². The van der Waals surface area contributed by atoms with E-state index in [0.717, 1.165) is 6.04 Å². The van der Waals surface area contributed by atoms with Gasteiger partial charge < -0.3 is 5.23 Å². The standard InChI is InChI=1S/C7H18BN/c1-3-5-7(9-8)6-4-2/h7,9H,3-6,8H2,1-2H3. The van der Waals surface area contributed by atoms with Crippen LogP contribution in [0.15, 0.2) is 0 Å². The lowest BCUT2D eigenvalue weighted by Crippen LogP contribution is -2.25. The first-order valence-corrected chi connectivity index (χ1v) is 4.02. The van der Waals surface area contributed by atoms with Crippen LogP contribution in [0.3, 0.4) is 0 Å². The predicted molar refractivity (Wildman–Crippen MR) is 45.3 cm³/mol. The van der Waals surface area contributed by atoms with E-state index in [2.05, 4.69) is 27.1 Å². The minimum atomic E-state index is 0.764. The molecule has 1 nitrogen and oxygen atoms in total. The fourth-order valence-corrected chi connectivity index (χ4v) is 1.13. The van der Waals surface area contributed by atoms with E-state index in [0.29, 0.717) is 0 Å². The van der Waals surface area contributed by atoms with E-state index in [9.17, 15) is 0 Å². The summed E-state index contributed by atoms with van der Waals surface area (Å²) in [7, 11) is 2.05. The van der Waals surface area contributed by atoms with Crippen LogP contribution in [0.4, 0.5) is 0 Å². The first-order valence-electron chi connectivity index (χ1n) is 4.02. The van der Waals surface area contributed by atoms with Crippen molar-refractivity contribution in [2.75, 3.05) is 0 Å². The molecule has 0 atom stereocenters. The topological polar surface area (TPSA) is 12.0 Å². The van der Waals surface area contributed by atoms with Gasteiger partial charge in [-0.25, -0.2) is 0 Å². The van der Waals surface area contributed by atoms with E-state index >= 15 is 0 Å². The Morgan fingerprint density at radius 1 is 1.22 bits per heavy atom. The zero-order valence-corrected chi connectivity index (χ0v) is 6.91. The molecule has 0 fully saturated rings. The van der Waals surface area contributed by atoms with Crippen molar-refractivity contribution in [3.8, 4) is 0 Å². The molecule has 54 valence electrons. The molecule has 0 aliphatic rings. The van der Waals surface area contributed by atoms with E-state index in [1.165, 1.54) is 25.7 Å². The third-order valence-electron chi connectivity index (χ3n) is 1.68. The van der Waals surface area contributed by atoms with Crippen LogP contribution in [-0.2, 0) is 0 Å². The van der Waals surface area contributed by atoms with Gasteiger partial charge in [0, 0.05) is 0 Å². The molecule has 0 radical (unpaired) electrons. The highest BCUT2D eigenvalue weighted by Crippen LogP contribution is 2.02. The summed E-state index contributed by atoms with van der Waals surface area (Å²) < 4.78 is 0. The second-order valence-corrected chi connectivity index (χ2v) is 2.56. The van der Waals surface area contributed by atoms with E-state index < -0.39 is 0 Å². The molecule has 0 heterocycles. The quantitative estimate of drug-likeness (QED) is 0.545. The molecule has 0 spiro atoms. The molecule has 0 aromatic heterocycles. The van der Waals surface area contributed by atoms with Gasteiger partial charge in [-0.3, -0.25) is 0 Å². The summed E-state index contributed by atoms with van der Waals surface area (Å²) in [5.41, 5.74) is 0. The Bertz CT molecular complexity index is 50.9. The Balaban J connectivity index is 3.18. The van der Waals surface area contributed by atoms with Crippen molar-refractivity contribution in [1.29, 1.82) is 0 Å². The first kappa shape index (κ1) is 9.02. The molecule has 0 aliphatic carbocycles. The van der Waals surface area contributed by atoms with Crippen molar-refractivity contribution in [3.63, 3.8) is 0 Å². The Morgan fingerprint density at radius 3 is 1.89 bits per heavy atom. The second kappa shape index (κ2) is 6.15. The fraction of sp³-hybridized carbons (Fsp3) is 1.00. The van der Waals surface area contributed by atoms with E-state index in [-0.39, 0.29) is 0 Å². The van der Waals surface area contributed by atoms with Gasteiger partial charge >= 0.3 is 0 Å². The van der Waals surface area contributed by atoms with Gasteiger partial charge in [-0.05, 0) is 18.9 Å². The third kappa shape index (κ3) is 4.52. The molecule has 1 N–H and O–H groups in total. The van der Waals surface area contributed by atoms with Crippen LogP contribution in [0.25, 0.3) is 0 Å². The highest BCUT2D eigenvalue weighted by Gasteiger charge is 2.00. The van der Waals surface area contributed by atoms with Crippen molar-refractivity contribution in [1.82, 2.24) is 5.23 Å². The molecule has 0 saturated heterocycles. The van der Waals surface area contributed by atoms with Crippen molar-refractivity contribution in [2.24, 2.45) is 0 Å². The first-order chi connectivity index (χ1) is 4.35. The van der Waals surface area contributed by atoms with Crippen molar-refractivity contribution in [2.45, 2.75) is 45.6 Å². The minimum absolute atomic E-state index is 0.764. The van der Waals surface area contributed by atoms with E-state index in [1.54, 1.807) is 0 Å². The average Bonchev–Trinajstić information content (AvgIpc) is 1.88. The second-order valence-electron chi connectivity index (χ2n) is 2.56. The lowest BCUT2D eigenvalue weighted by Gasteiger charge is -2.13. The Hall–Kier alpha value is 0.0249. The van der Waals surface area contributed by atoms with Gasteiger partial charge in [0.2, 0.25) is 0 Å². The summed E-state index contributed by atoms with van der Waals surface area (Å²) in [6, 6.07) is 0.764.